The highest BCUT2D eigenvalue weighted by Crippen LogP contribution is 2.30. The molecule has 1 aromatic carbocycles. The number of primary amides is 1. The van der Waals surface area contributed by atoms with E-state index in [1.807, 2.05) is 18.7 Å². The minimum Gasteiger partial charge on any atom is -0.372 e. The maximum atomic E-state index is 15.1. The van der Waals surface area contributed by atoms with Crippen molar-refractivity contribution in [3.8, 4) is 0 Å². The van der Waals surface area contributed by atoms with Crippen LogP contribution in [0.1, 0.15) is 30.6 Å². The van der Waals surface area contributed by atoms with Crippen molar-refractivity contribution in [1.82, 2.24) is 10.3 Å². The fourth-order valence-corrected chi connectivity index (χ4v) is 4.67. The number of hydrogen-bond donors (Lipinski definition) is 3. The molecule has 2 saturated heterocycles. The number of anilines is 4. The second kappa shape index (κ2) is 10.5. The number of nitrogens with two attached hydrogens (primary N) is 1. The predicted octanol–water partition coefficient (Wildman–Crippen LogP) is 2.70. The molecule has 1 aromatic heterocycles. The average Bonchev–Trinajstić information content (AvgIpc) is 3.27. The highest BCUT2D eigenvalue weighted by atomic mass is 19.1. The monoisotopic (exact) mass is 500 g/mol. The number of benzene rings is 1. The van der Waals surface area contributed by atoms with Crippen LogP contribution in [0.15, 0.2) is 36.9 Å². The number of nitrogens with zero attached hydrogens (tertiary/aromatic N) is 3. The standard InChI is InChI=1S/C25H30F2N6O3/c1-4-22(34)29-17-7-8-32(13-17)25-20(27)10-18(23(28)35)24(31-25)30-16-5-6-21(19(26)9-16)33-11-14(2)36-15(3)12-33/h4-6,9-10,14-15,17H,1,7-8,11-13H2,2-3H3,(H2,28,35)(H,29,34)(H,30,31). The van der Waals surface area contributed by atoms with Crippen LogP contribution in [-0.4, -0.2) is 61.2 Å². The van der Waals surface area contributed by atoms with E-state index in [-0.39, 0.29) is 41.4 Å². The number of halogens is 2. The molecule has 192 valence electrons. The molecule has 2 amide bonds. The molecule has 3 atom stereocenters. The van der Waals surface area contributed by atoms with Crippen molar-refractivity contribution >= 4 is 34.8 Å². The molecule has 9 nitrogen and oxygen atoms in total. The fraction of sp³-hybridized carbons (Fsp3) is 0.400. The molecule has 36 heavy (non-hydrogen) atoms. The van der Waals surface area contributed by atoms with Gasteiger partial charge in [0.15, 0.2) is 11.6 Å². The average molecular weight is 501 g/mol. The van der Waals surface area contributed by atoms with Gasteiger partial charge in [-0.3, -0.25) is 9.59 Å². The first-order chi connectivity index (χ1) is 17.1. The predicted molar refractivity (Wildman–Crippen MR) is 134 cm³/mol. The number of nitrogens with one attached hydrogen (secondary N) is 2. The topological polar surface area (TPSA) is 113 Å². The normalized spacial score (nSPS) is 21.8. The molecule has 0 aliphatic carbocycles. The van der Waals surface area contributed by atoms with Gasteiger partial charge in [0.2, 0.25) is 5.91 Å². The van der Waals surface area contributed by atoms with Crippen molar-refractivity contribution in [2.75, 3.05) is 41.3 Å². The molecule has 0 radical (unpaired) electrons. The van der Waals surface area contributed by atoms with Crippen LogP contribution >= 0.6 is 0 Å². The van der Waals surface area contributed by atoms with Crippen LogP contribution in [0.4, 0.5) is 31.8 Å². The molecule has 4 rings (SSSR count). The lowest BCUT2D eigenvalue weighted by Crippen LogP contribution is -2.45. The lowest BCUT2D eigenvalue weighted by molar-refractivity contribution is -0.117. The smallest absolute Gasteiger partial charge is 0.252 e. The highest BCUT2D eigenvalue weighted by Gasteiger charge is 2.28. The van der Waals surface area contributed by atoms with Gasteiger partial charge in [0.25, 0.3) is 5.91 Å². The van der Waals surface area contributed by atoms with Gasteiger partial charge in [0.05, 0.1) is 23.5 Å². The molecule has 0 spiro atoms. The maximum Gasteiger partial charge on any atom is 0.252 e. The zero-order chi connectivity index (χ0) is 26.0. The van der Waals surface area contributed by atoms with E-state index < -0.39 is 17.5 Å². The summed E-state index contributed by atoms with van der Waals surface area (Å²) in [5.41, 5.74) is 6.07. The Kier molecular flexibility index (Phi) is 7.39. The van der Waals surface area contributed by atoms with Crippen molar-refractivity contribution < 1.29 is 23.1 Å². The number of pyridine rings is 1. The number of carbonyl (C=O) groups is 2. The molecule has 3 heterocycles. The summed E-state index contributed by atoms with van der Waals surface area (Å²) in [6.45, 7) is 9.21. The van der Waals surface area contributed by atoms with E-state index in [0.717, 1.165) is 6.07 Å². The van der Waals surface area contributed by atoms with E-state index in [2.05, 4.69) is 22.2 Å². The van der Waals surface area contributed by atoms with Crippen molar-refractivity contribution in [2.24, 2.45) is 5.73 Å². The third-order valence-electron chi connectivity index (χ3n) is 6.21. The minimum atomic E-state index is -0.874. The van der Waals surface area contributed by atoms with Gasteiger partial charge in [-0.1, -0.05) is 6.58 Å². The Morgan fingerprint density at radius 1 is 1.14 bits per heavy atom. The van der Waals surface area contributed by atoms with Crippen LogP contribution in [0.2, 0.25) is 0 Å². The summed E-state index contributed by atoms with van der Waals surface area (Å²) in [6, 6.07) is 5.42. The summed E-state index contributed by atoms with van der Waals surface area (Å²) >= 11 is 0. The quantitative estimate of drug-likeness (QED) is 0.501. The van der Waals surface area contributed by atoms with E-state index in [0.29, 0.717) is 44.0 Å². The number of aromatic nitrogens is 1. The highest BCUT2D eigenvalue weighted by molar-refractivity contribution is 5.98. The van der Waals surface area contributed by atoms with Crippen LogP contribution < -0.4 is 26.2 Å². The van der Waals surface area contributed by atoms with Gasteiger partial charge in [0.1, 0.15) is 11.6 Å². The SMILES string of the molecule is C=CC(=O)NC1CCN(c2nc(Nc3ccc(N4CC(C)OC(C)C4)c(F)c3)c(C(N)=O)cc2F)C1. The molecular weight excluding hydrogens is 470 g/mol. The lowest BCUT2D eigenvalue weighted by atomic mass is 10.1. The van der Waals surface area contributed by atoms with E-state index >= 15 is 4.39 Å². The van der Waals surface area contributed by atoms with Crippen molar-refractivity contribution in [1.29, 1.82) is 0 Å². The van der Waals surface area contributed by atoms with Crippen LogP contribution in [-0.2, 0) is 9.53 Å². The molecular formula is C25H30F2N6O3. The lowest BCUT2D eigenvalue weighted by Gasteiger charge is -2.37. The third kappa shape index (κ3) is 5.56. The number of morpholine rings is 1. The summed E-state index contributed by atoms with van der Waals surface area (Å²) in [6.07, 6.45) is 1.71. The van der Waals surface area contributed by atoms with Crippen molar-refractivity contribution in [2.45, 2.75) is 38.5 Å². The van der Waals surface area contributed by atoms with E-state index in [4.69, 9.17) is 10.5 Å². The van der Waals surface area contributed by atoms with Gasteiger partial charge in [0, 0.05) is 37.9 Å². The first-order valence-electron chi connectivity index (χ1n) is 11.8. The second-order valence-electron chi connectivity index (χ2n) is 9.15. The summed E-state index contributed by atoms with van der Waals surface area (Å²) in [5, 5.41) is 5.70. The van der Waals surface area contributed by atoms with E-state index in [9.17, 15) is 14.0 Å². The van der Waals surface area contributed by atoms with Crippen LogP contribution in [0, 0.1) is 11.6 Å². The van der Waals surface area contributed by atoms with Gasteiger partial charge < -0.3 is 30.9 Å². The zero-order valence-electron chi connectivity index (χ0n) is 20.3. The summed E-state index contributed by atoms with van der Waals surface area (Å²) in [7, 11) is 0. The van der Waals surface area contributed by atoms with Crippen LogP contribution in [0.3, 0.4) is 0 Å². The molecule has 0 saturated carbocycles. The van der Waals surface area contributed by atoms with Gasteiger partial charge in [-0.15, -0.1) is 0 Å². The second-order valence-corrected chi connectivity index (χ2v) is 9.15. The van der Waals surface area contributed by atoms with Crippen LogP contribution in [0.5, 0.6) is 0 Å². The molecule has 2 aromatic rings. The summed E-state index contributed by atoms with van der Waals surface area (Å²) in [5.74, 6) is -2.34. The fourth-order valence-electron chi connectivity index (χ4n) is 4.67. The third-order valence-corrected chi connectivity index (χ3v) is 6.21. The van der Waals surface area contributed by atoms with Gasteiger partial charge in [-0.25, -0.2) is 13.8 Å². The van der Waals surface area contributed by atoms with Gasteiger partial charge >= 0.3 is 0 Å². The largest absolute Gasteiger partial charge is 0.372 e. The van der Waals surface area contributed by atoms with Crippen LogP contribution in [0.25, 0.3) is 0 Å². The van der Waals surface area contributed by atoms with Crippen molar-refractivity contribution in [3.05, 3.63) is 54.1 Å². The Labute approximate surface area is 208 Å². The first kappa shape index (κ1) is 25.4. The first-order valence-corrected chi connectivity index (χ1v) is 11.8. The Bertz CT molecular complexity index is 1170. The van der Waals surface area contributed by atoms with E-state index in [1.165, 1.54) is 12.1 Å². The van der Waals surface area contributed by atoms with E-state index in [1.54, 1.807) is 17.0 Å². The number of hydrogen-bond acceptors (Lipinski definition) is 7. The minimum absolute atomic E-state index is 0.00577. The molecule has 4 N–H and O–H groups in total. The Morgan fingerprint density at radius 3 is 2.50 bits per heavy atom. The Morgan fingerprint density at radius 2 is 1.86 bits per heavy atom. The summed E-state index contributed by atoms with van der Waals surface area (Å²) < 4.78 is 35.7. The van der Waals surface area contributed by atoms with Gasteiger partial charge in [-0.2, -0.15) is 0 Å². The van der Waals surface area contributed by atoms with Gasteiger partial charge in [-0.05, 0) is 50.6 Å². The molecule has 0 bridgehead atoms. The Hall–Kier alpha value is -3.73. The molecule has 2 aliphatic rings. The number of rotatable bonds is 7. The number of amides is 2. The number of carbonyl (C=O) groups excluding carboxylic acids is 2. The zero-order valence-corrected chi connectivity index (χ0v) is 20.3. The molecule has 2 fully saturated rings. The summed E-state index contributed by atoms with van der Waals surface area (Å²) in [4.78, 5) is 31.5. The Balaban J connectivity index is 1.57. The number of ether oxygens (including phenoxy) is 1. The molecule has 11 heteroatoms. The van der Waals surface area contributed by atoms with Crippen molar-refractivity contribution in [3.63, 3.8) is 0 Å². The molecule has 2 aliphatic heterocycles. The maximum absolute atomic E-state index is 15.1. The molecule has 3 unspecified atom stereocenters.